The Balaban J connectivity index is 1.22. The van der Waals surface area contributed by atoms with Crippen LogP contribution in [0.3, 0.4) is 0 Å². The van der Waals surface area contributed by atoms with Gasteiger partial charge in [0.25, 0.3) is 0 Å². The lowest BCUT2D eigenvalue weighted by Gasteiger charge is -2.31. The molecule has 0 saturated heterocycles. The predicted octanol–water partition coefficient (Wildman–Crippen LogP) is 18.8. The lowest BCUT2D eigenvalue weighted by atomic mass is 9.89. The molecule has 3 nitrogen and oxygen atoms in total. The summed E-state index contributed by atoms with van der Waals surface area (Å²) in [4.78, 5) is 7.23. The van der Waals surface area contributed by atoms with Gasteiger partial charge in [0.2, 0.25) is 0 Å². The highest BCUT2D eigenvalue weighted by Crippen LogP contribution is 2.47. The fourth-order valence-electron chi connectivity index (χ4n) is 9.50. The van der Waals surface area contributed by atoms with Crippen molar-refractivity contribution in [1.82, 2.24) is 0 Å². The number of para-hydroxylation sites is 2. The molecule has 0 spiro atoms. The lowest BCUT2D eigenvalue weighted by molar-refractivity contribution is 1.22. The minimum absolute atomic E-state index is 1.10. The standard InChI is InChI=1S/C65H63N3/c1-42-22-26-55(34-46(42)5)66(56-27-23-43(2)47(6)35-56)59-30-32-61(50(9)38-59)63-41-65(68(53-18-14-12-15-19-53)54-20-16-13-17-21-54)64(40-52(63)11)62-33-31-60(39-51(62)10)67(57-28-24-44(3)48(7)36-57)58-29-25-45(4)49(8)37-58/h12-41H,1-11H3. The molecule has 0 amide bonds. The van der Waals surface area contributed by atoms with Crippen LogP contribution >= 0.6 is 0 Å². The fourth-order valence-corrected chi connectivity index (χ4v) is 9.50. The molecule has 0 N–H and O–H groups in total. The molecule has 0 aliphatic heterocycles. The molecule has 0 atom stereocenters. The summed E-state index contributed by atoms with van der Waals surface area (Å²) >= 11 is 0. The summed E-state index contributed by atoms with van der Waals surface area (Å²) in [7, 11) is 0. The van der Waals surface area contributed by atoms with E-state index in [-0.39, 0.29) is 0 Å². The van der Waals surface area contributed by atoms with Crippen LogP contribution in [-0.2, 0) is 0 Å². The van der Waals surface area contributed by atoms with E-state index in [1.807, 2.05) is 0 Å². The topological polar surface area (TPSA) is 9.72 Å². The van der Waals surface area contributed by atoms with Gasteiger partial charge in [0.15, 0.2) is 0 Å². The molecule has 0 heterocycles. The number of nitrogens with zero attached hydrogens (tertiary/aromatic N) is 3. The molecule has 0 aliphatic rings. The summed E-state index contributed by atoms with van der Waals surface area (Å²) in [6, 6.07) is 67.6. The molecule has 9 aromatic rings. The van der Waals surface area contributed by atoms with Crippen molar-refractivity contribution >= 4 is 51.2 Å². The highest BCUT2D eigenvalue weighted by atomic mass is 15.2. The molecule has 0 unspecified atom stereocenters. The average molecular weight is 886 g/mol. The second kappa shape index (κ2) is 18.9. The van der Waals surface area contributed by atoms with Crippen molar-refractivity contribution < 1.29 is 0 Å². The van der Waals surface area contributed by atoms with Gasteiger partial charge in [-0.05, 0) is 263 Å². The monoisotopic (exact) mass is 886 g/mol. The Bertz CT molecular complexity index is 3170. The molecule has 0 bridgehead atoms. The minimum atomic E-state index is 1.10. The van der Waals surface area contributed by atoms with Gasteiger partial charge in [0, 0.05) is 51.1 Å². The van der Waals surface area contributed by atoms with Gasteiger partial charge in [-0.1, -0.05) is 72.8 Å². The Morgan fingerprint density at radius 2 is 0.485 bits per heavy atom. The number of anilines is 9. The van der Waals surface area contributed by atoms with Gasteiger partial charge in [-0.3, -0.25) is 0 Å². The first-order chi connectivity index (χ1) is 32.7. The van der Waals surface area contributed by atoms with E-state index >= 15 is 0 Å². The third-order valence-corrected chi connectivity index (χ3v) is 14.1. The fraction of sp³-hybridized carbons (Fsp3) is 0.169. The van der Waals surface area contributed by atoms with Crippen LogP contribution in [-0.4, -0.2) is 0 Å². The lowest BCUT2D eigenvalue weighted by Crippen LogP contribution is -2.13. The summed E-state index contributed by atoms with van der Waals surface area (Å²) in [5.41, 5.74) is 28.9. The summed E-state index contributed by atoms with van der Waals surface area (Å²) in [6.07, 6.45) is 0. The molecule has 3 heteroatoms. The van der Waals surface area contributed by atoms with Gasteiger partial charge in [-0.25, -0.2) is 0 Å². The van der Waals surface area contributed by atoms with E-state index in [1.165, 1.54) is 83.5 Å². The average Bonchev–Trinajstić information content (AvgIpc) is 3.33. The van der Waals surface area contributed by atoms with E-state index < -0.39 is 0 Å². The minimum Gasteiger partial charge on any atom is -0.310 e. The van der Waals surface area contributed by atoms with Crippen LogP contribution in [0.25, 0.3) is 22.3 Å². The first-order valence-electron chi connectivity index (χ1n) is 23.9. The van der Waals surface area contributed by atoms with E-state index in [9.17, 15) is 0 Å². The molecule has 68 heavy (non-hydrogen) atoms. The SMILES string of the molecule is Cc1ccc(N(c2ccc(C)c(C)c2)c2ccc(-c3cc(N(c4ccccc4)c4ccccc4)c(-c4ccc(N(c5ccc(C)c(C)c5)c5ccc(C)c(C)c5)cc4C)cc3C)c(C)c2)cc1C. The van der Waals surface area contributed by atoms with Crippen molar-refractivity contribution in [1.29, 1.82) is 0 Å². The highest BCUT2D eigenvalue weighted by Gasteiger charge is 2.24. The molecular formula is C65H63N3. The quantitative estimate of drug-likeness (QED) is 0.128. The van der Waals surface area contributed by atoms with Gasteiger partial charge < -0.3 is 14.7 Å². The number of rotatable bonds is 11. The molecule has 0 aliphatic carbocycles. The summed E-state index contributed by atoms with van der Waals surface area (Å²) < 4.78 is 0. The van der Waals surface area contributed by atoms with Gasteiger partial charge in [0.05, 0.1) is 5.69 Å². The van der Waals surface area contributed by atoms with Crippen LogP contribution < -0.4 is 14.7 Å². The Morgan fingerprint density at radius 1 is 0.191 bits per heavy atom. The molecule has 0 aromatic heterocycles. The molecule has 0 saturated carbocycles. The Hall–Kier alpha value is -7.62. The maximum atomic E-state index is 2.43. The van der Waals surface area contributed by atoms with Gasteiger partial charge >= 0.3 is 0 Å². The molecule has 9 rings (SSSR count). The van der Waals surface area contributed by atoms with Gasteiger partial charge in [-0.15, -0.1) is 0 Å². The van der Waals surface area contributed by atoms with Crippen molar-refractivity contribution in [2.24, 2.45) is 0 Å². The second-order valence-electron chi connectivity index (χ2n) is 18.9. The Kier molecular flexibility index (Phi) is 12.7. The first-order valence-corrected chi connectivity index (χ1v) is 23.9. The molecule has 0 fully saturated rings. The van der Waals surface area contributed by atoms with E-state index in [4.69, 9.17) is 0 Å². The highest BCUT2D eigenvalue weighted by molar-refractivity contribution is 5.94. The zero-order valence-electron chi connectivity index (χ0n) is 41.7. The molecule has 0 radical (unpaired) electrons. The van der Waals surface area contributed by atoms with Crippen molar-refractivity contribution in [2.45, 2.75) is 76.2 Å². The largest absolute Gasteiger partial charge is 0.310 e. The number of hydrogen-bond donors (Lipinski definition) is 0. The summed E-state index contributed by atoms with van der Waals surface area (Å²) in [5, 5.41) is 0. The normalized spacial score (nSPS) is 11.2. The van der Waals surface area contributed by atoms with Crippen molar-refractivity contribution in [3.05, 3.63) is 243 Å². The molecule has 338 valence electrons. The van der Waals surface area contributed by atoms with Crippen LogP contribution in [0.15, 0.2) is 182 Å². The third-order valence-electron chi connectivity index (χ3n) is 14.1. The number of benzene rings is 9. The summed E-state index contributed by atoms with van der Waals surface area (Å²) in [6.45, 7) is 24.3. The summed E-state index contributed by atoms with van der Waals surface area (Å²) in [5.74, 6) is 0. The van der Waals surface area contributed by atoms with Gasteiger partial charge in [-0.2, -0.15) is 0 Å². The van der Waals surface area contributed by atoms with E-state index in [0.29, 0.717) is 0 Å². The van der Waals surface area contributed by atoms with Crippen LogP contribution in [0.4, 0.5) is 51.2 Å². The van der Waals surface area contributed by atoms with Crippen LogP contribution in [0.5, 0.6) is 0 Å². The van der Waals surface area contributed by atoms with Crippen LogP contribution in [0, 0.1) is 76.2 Å². The number of hydrogen-bond acceptors (Lipinski definition) is 3. The smallest absolute Gasteiger partial charge is 0.0546 e. The van der Waals surface area contributed by atoms with Crippen molar-refractivity contribution in [2.75, 3.05) is 14.7 Å². The van der Waals surface area contributed by atoms with Gasteiger partial charge in [0.1, 0.15) is 0 Å². The van der Waals surface area contributed by atoms with Crippen LogP contribution in [0.1, 0.15) is 61.2 Å². The third kappa shape index (κ3) is 8.97. The maximum absolute atomic E-state index is 2.43. The maximum Gasteiger partial charge on any atom is 0.0546 e. The molecule has 9 aromatic carbocycles. The van der Waals surface area contributed by atoms with Crippen molar-refractivity contribution in [3.63, 3.8) is 0 Å². The zero-order valence-corrected chi connectivity index (χ0v) is 41.7. The van der Waals surface area contributed by atoms with E-state index in [0.717, 1.165) is 51.2 Å². The second-order valence-corrected chi connectivity index (χ2v) is 18.9. The van der Waals surface area contributed by atoms with Crippen molar-refractivity contribution in [3.8, 4) is 22.3 Å². The van der Waals surface area contributed by atoms with E-state index in [2.05, 4.69) is 273 Å². The number of aryl methyl sites for hydroxylation is 11. The Morgan fingerprint density at radius 3 is 0.809 bits per heavy atom. The zero-order chi connectivity index (χ0) is 47.8. The van der Waals surface area contributed by atoms with E-state index in [1.54, 1.807) is 0 Å². The first kappa shape index (κ1) is 45.5. The Labute approximate surface area is 405 Å². The van der Waals surface area contributed by atoms with Crippen LogP contribution in [0.2, 0.25) is 0 Å². The molecular weight excluding hydrogens is 823 g/mol. The predicted molar refractivity (Wildman–Crippen MR) is 293 cm³/mol.